The molecule has 3 aliphatic heterocycles. The van der Waals surface area contributed by atoms with Gasteiger partial charge >= 0.3 is 0 Å². The number of amides is 1. The minimum absolute atomic E-state index is 0.0237. The average molecular weight is 457 g/mol. The Morgan fingerprint density at radius 3 is 2.30 bits per heavy atom. The predicted octanol–water partition coefficient (Wildman–Crippen LogP) is 2.41. The average Bonchev–Trinajstić information content (AvgIpc) is 3.49. The first-order chi connectivity index (χ1) is 15.9. The molecule has 0 atom stereocenters. The molecular formula is C26H37FN4O2. The van der Waals surface area contributed by atoms with Crippen LogP contribution < -0.4 is 10.2 Å². The van der Waals surface area contributed by atoms with Crippen molar-refractivity contribution in [1.29, 1.82) is 0 Å². The number of nitrogens with zero attached hydrogens (tertiary/aromatic N) is 3. The molecule has 3 heterocycles. The van der Waals surface area contributed by atoms with Gasteiger partial charge in [0.05, 0.1) is 0 Å². The standard InChI is InChI=1S/C26H37FN4O2/c27-26(15-24(16-26)5-7-29(8-6-24)17-25(19-32)3-4-25)18-30-9-11-31(12-10-30)21-1-2-22-20(13-21)14-28-23(22)33/h1-2,13,32H,3-12,14-19H2,(H,28,33). The highest BCUT2D eigenvalue weighted by molar-refractivity contribution is 5.98. The highest BCUT2D eigenvalue weighted by Crippen LogP contribution is 2.57. The maximum absolute atomic E-state index is 15.6. The van der Waals surface area contributed by atoms with Crippen LogP contribution in [-0.4, -0.2) is 85.4 Å². The molecular weight excluding hydrogens is 419 g/mol. The number of halogens is 1. The van der Waals surface area contributed by atoms with Crippen molar-refractivity contribution < 1.29 is 14.3 Å². The second kappa shape index (κ2) is 7.92. The van der Waals surface area contributed by atoms with E-state index in [2.05, 4.69) is 26.1 Å². The molecule has 0 bridgehead atoms. The number of rotatable bonds is 6. The quantitative estimate of drug-likeness (QED) is 0.689. The SMILES string of the molecule is O=C1NCc2cc(N3CCN(CC4(F)CC5(CCN(CC6(CO)CC6)CC5)C4)CC3)ccc21. The van der Waals surface area contributed by atoms with Gasteiger partial charge in [-0.2, -0.15) is 0 Å². The molecule has 1 amide bonds. The van der Waals surface area contributed by atoms with Crippen LogP contribution in [0.3, 0.4) is 0 Å². The largest absolute Gasteiger partial charge is 0.396 e. The summed E-state index contributed by atoms with van der Waals surface area (Å²) in [4.78, 5) is 19.0. The fraction of sp³-hybridized carbons (Fsp3) is 0.731. The number of aliphatic hydroxyl groups excluding tert-OH is 1. The maximum atomic E-state index is 15.6. The minimum Gasteiger partial charge on any atom is -0.396 e. The molecule has 5 aliphatic rings. The molecule has 7 heteroatoms. The number of piperazine rings is 1. The first-order valence-electron chi connectivity index (χ1n) is 12.8. The zero-order valence-corrected chi connectivity index (χ0v) is 19.6. The lowest BCUT2D eigenvalue weighted by atomic mass is 9.55. The number of hydrogen-bond acceptors (Lipinski definition) is 5. The lowest BCUT2D eigenvalue weighted by Crippen LogP contribution is -2.60. The van der Waals surface area contributed by atoms with E-state index in [1.165, 1.54) is 5.69 Å². The van der Waals surface area contributed by atoms with Gasteiger partial charge in [-0.3, -0.25) is 9.69 Å². The fourth-order valence-corrected chi connectivity index (χ4v) is 6.94. The monoisotopic (exact) mass is 456 g/mol. The number of carbonyl (C=O) groups excluding carboxylic acids is 1. The summed E-state index contributed by atoms with van der Waals surface area (Å²) in [6, 6.07) is 6.11. The zero-order valence-electron chi connectivity index (χ0n) is 19.6. The van der Waals surface area contributed by atoms with Gasteiger partial charge in [-0.25, -0.2) is 4.39 Å². The van der Waals surface area contributed by atoms with Crippen LogP contribution in [0.1, 0.15) is 54.4 Å². The Bertz CT molecular complexity index is 909. The summed E-state index contributed by atoms with van der Waals surface area (Å²) < 4.78 is 15.6. The molecule has 2 saturated carbocycles. The molecule has 1 aromatic rings. The maximum Gasteiger partial charge on any atom is 0.251 e. The number of aliphatic hydroxyl groups is 1. The van der Waals surface area contributed by atoms with Gasteiger partial charge in [-0.05, 0) is 80.8 Å². The number of nitrogens with one attached hydrogen (secondary N) is 1. The fourth-order valence-electron chi connectivity index (χ4n) is 6.94. The second-order valence-electron chi connectivity index (χ2n) is 11.7. The van der Waals surface area contributed by atoms with E-state index in [9.17, 15) is 9.90 Å². The summed E-state index contributed by atoms with van der Waals surface area (Å²) >= 11 is 0. The van der Waals surface area contributed by atoms with Crippen LogP contribution in [0.2, 0.25) is 0 Å². The van der Waals surface area contributed by atoms with Gasteiger partial charge in [0.1, 0.15) is 5.67 Å². The van der Waals surface area contributed by atoms with Crippen LogP contribution in [0, 0.1) is 10.8 Å². The van der Waals surface area contributed by atoms with Crippen molar-refractivity contribution in [2.24, 2.45) is 10.8 Å². The van der Waals surface area contributed by atoms with Gasteiger partial charge < -0.3 is 20.2 Å². The van der Waals surface area contributed by atoms with E-state index in [1.54, 1.807) is 0 Å². The third-order valence-electron chi connectivity index (χ3n) is 9.17. The third kappa shape index (κ3) is 4.17. The molecule has 2 N–H and O–H groups in total. The van der Waals surface area contributed by atoms with Crippen LogP contribution >= 0.6 is 0 Å². The van der Waals surface area contributed by atoms with Gasteiger partial charge in [0.15, 0.2) is 0 Å². The summed E-state index contributed by atoms with van der Waals surface area (Å²) in [5, 5.41) is 12.5. The van der Waals surface area contributed by atoms with Crippen molar-refractivity contribution in [2.45, 2.75) is 50.7 Å². The van der Waals surface area contributed by atoms with E-state index in [-0.39, 0.29) is 16.7 Å². The smallest absolute Gasteiger partial charge is 0.251 e. The normalized spacial score (nSPS) is 27.8. The van der Waals surface area contributed by atoms with Crippen molar-refractivity contribution in [3.05, 3.63) is 29.3 Å². The molecule has 6 nitrogen and oxygen atoms in total. The Balaban J connectivity index is 0.966. The molecule has 0 aromatic heterocycles. The van der Waals surface area contributed by atoms with Crippen molar-refractivity contribution in [1.82, 2.24) is 15.1 Å². The highest BCUT2D eigenvalue weighted by Gasteiger charge is 2.56. The van der Waals surface area contributed by atoms with E-state index < -0.39 is 5.67 Å². The molecule has 6 rings (SSSR count). The number of benzene rings is 1. The van der Waals surface area contributed by atoms with Gasteiger partial charge in [0.25, 0.3) is 5.91 Å². The summed E-state index contributed by atoms with van der Waals surface area (Å²) in [6.07, 6.45) is 6.01. The Morgan fingerprint density at radius 1 is 0.939 bits per heavy atom. The van der Waals surface area contributed by atoms with Crippen LogP contribution in [0.15, 0.2) is 18.2 Å². The number of fused-ring (bicyclic) bond motifs is 1. The van der Waals surface area contributed by atoms with E-state index >= 15 is 4.39 Å². The van der Waals surface area contributed by atoms with E-state index in [1.807, 2.05) is 12.1 Å². The molecule has 0 radical (unpaired) electrons. The van der Waals surface area contributed by atoms with Gasteiger partial charge in [-0.15, -0.1) is 0 Å². The highest BCUT2D eigenvalue weighted by atomic mass is 19.1. The van der Waals surface area contributed by atoms with Crippen molar-refractivity contribution >= 4 is 11.6 Å². The Kier molecular flexibility index (Phi) is 5.24. The summed E-state index contributed by atoms with van der Waals surface area (Å²) in [7, 11) is 0. The number of alkyl halides is 1. The van der Waals surface area contributed by atoms with E-state index in [4.69, 9.17) is 0 Å². The Hall–Kier alpha value is -1.70. The molecule has 2 saturated heterocycles. The first kappa shape index (κ1) is 21.8. The Morgan fingerprint density at radius 2 is 1.64 bits per heavy atom. The summed E-state index contributed by atoms with van der Waals surface area (Å²) in [5.41, 5.74) is 2.43. The topological polar surface area (TPSA) is 59.1 Å². The van der Waals surface area contributed by atoms with Crippen LogP contribution in [0.5, 0.6) is 0 Å². The molecule has 33 heavy (non-hydrogen) atoms. The van der Waals surface area contributed by atoms with E-state index in [0.29, 0.717) is 19.7 Å². The zero-order chi connectivity index (χ0) is 22.7. The number of likely N-dealkylation sites (tertiary alicyclic amines) is 1. The van der Waals surface area contributed by atoms with Crippen LogP contribution in [0.25, 0.3) is 0 Å². The lowest BCUT2D eigenvalue weighted by Gasteiger charge is -2.57. The van der Waals surface area contributed by atoms with Crippen LogP contribution in [0.4, 0.5) is 10.1 Å². The van der Waals surface area contributed by atoms with E-state index in [0.717, 1.165) is 95.5 Å². The molecule has 4 fully saturated rings. The lowest BCUT2D eigenvalue weighted by molar-refractivity contribution is -0.114. The van der Waals surface area contributed by atoms with Crippen molar-refractivity contribution in [3.63, 3.8) is 0 Å². The first-order valence-corrected chi connectivity index (χ1v) is 12.8. The molecule has 0 unspecified atom stereocenters. The number of anilines is 1. The Labute approximate surface area is 196 Å². The molecule has 2 aliphatic carbocycles. The van der Waals surface area contributed by atoms with Gasteiger partial charge in [0, 0.05) is 69.1 Å². The van der Waals surface area contributed by atoms with Gasteiger partial charge in [0.2, 0.25) is 0 Å². The number of piperidine rings is 1. The van der Waals surface area contributed by atoms with Crippen LogP contribution in [-0.2, 0) is 6.54 Å². The van der Waals surface area contributed by atoms with Crippen molar-refractivity contribution in [2.75, 3.05) is 63.9 Å². The molecule has 180 valence electrons. The third-order valence-corrected chi connectivity index (χ3v) is 9.17. The van der Waals surface area contributed by atoms with Crippen molar-refractivity contribution in [3.8, 4) is 0 Å². The number of carbonyl (C=O) groups is 1. The molecule has 1 spiro atoms. The minimum atomic E-state index is -1.02. The second-order valence-corrected chi connectivity index (χ2v) is 11.7. The summed E-state index contributed by atoms with van der Waals surface area (Å²) in [5.74, 6) is 0.0237. The number of hydrogen-bond donors (Lipinski definition) is 2. The predicted molar refractivity (Wildman–Crippen MR) is 126 cm³/mol. The summed E-state index contributed by atoms with van der Waals surface area (Å²) in [6.45, 7) is 8.27. The van der Waals surface area contributed by atoms with Gasteiger partial charge in [-0.1, -0.05) is 0 Å². The molecule has 1 aromatic carbocycles.